The van der Waals surface area contributed by atoms with Gasteiger partial charge in [-0.05, 0) is 18.3 Å². The Morgan fingerprint density at radius 3 is 2.11 bits per heavy atom. The zero-order valence-corrected chi connectivity index (χ0v) is 12.8. The minimum atomic E-state index is -1.09. The van der Waals surface area contributed by atoms with Crippen LogP contribution in [0, 0.1) is 17.3 Å². The second-order valence-corrected chi connectivity index (χ2v) is 6.16. The van der Waals surface area contributed by atoms with Crippen molar-refractivity contribution >= 4 is 11.9 Å². The molecule has 2 unspecified atom stereocenters. The van der Waals surface area contributed by atoms with Gasteiger partial charge in [-0.25, -0.2) is 0 Å². The van der Waals surface area contributed by atoms with E-state index >= 15 is 0 Å². The third-order valence-electron chi connectivity index (χ3n) is 3.01. The smallest absolute Gasteiger partial charge is 0.316 e. The molecule has 0 aromatic heterocycles. The molecule has 0 heterocycles. The number of aliphatic carboxylic acids is 1. The number of rotatable bonds is 7. The fourth-order valence-corrected chi connectivity index (χ4v) is 1.79. The first kappa shape index (κ1) is 17.9. The molecule has 0 spiro atoms. The molecular formula is C14H27NO4. The molecule has 2 N–H and O–H groups in total. The van der Waals surface area contributed by atoms with Crippen LogP contribution in [0.2, 0.25) is 0 Å². The second-order valence-electron chi connectivity index (χ2n) is 6.16. The second kappa shape index (κ2) is 7.48. The van der Waals surface area contributed by atoms with E-state index in [2.05, 4.69) is 5.32 Å². The molecule has 0 bridgehead atoms. The van der Waals surface area contributed by atoms with Crippen molar-refractivity contribution in [2.75, 3.05) is 13.2 Å². The maximum atomic E-state index is 12.2. The maximum Gasteiger partial charge on any atom is 0.316 e. The van der Waals surface area contributed by atoms with Gasteiger partial charge >= 0.3 is 5.97 Å². The summed E-state index contributed by atoms with van der Waals surface area (Å²) in [6, 6.07) is -0.170. The molecular weight excluding hydrogens is 246 g/mol. The summed E-state index contributed by atoms with van der Waals surface area (Å²) in [5.74, 6) is -2.41. The van der Waals surface area contributed by atoms with E-state index in [1.54, 1.807) is 20.8 Å². The molecule has 0 radical (unpaired) electrons. The first-order valence-electron chi connectivity index (χ1n) is 6.72. The van der Waals surface area contributed by atoms with E-state index in [4.69, 9.17) is 4.74 Å². The van der Waals surface area contributed by atoms with Crippen molar-refractivity contribution in [3.63, 3.8) is 0 Å². The Kier molecular flexibility index (Phi) is 7.05. The molecule has 0 aromatic rings. The van der Waals surface area contributed by atoms with Gasteiger partial charge < -0.3 is 15.2 Å². The maximum absolute atomic E-state index is 12.2. The van der Waals surface area contributed by atoms with Gasteiger partial charge in [-0.2, -0.15) is 0 Å². The van der Waals surface area contributed by atoms with Gasteiger partial charge in [0.2, 0.25) is 5.91 Å². The van der Waals surface area contributed by atoms with E-state index in [1.165, 1.54) is 0 Å². The van der Waals surface area contributed by atoms with Gasteiger partial charge in [0.05, 0.1) is 12.6 Å². The predicted octanol–water partition coefficient (Wildman–Crippen LogP) is 1.91. The molecule has 0 aliphatic heterocycles. The number of carbonyl (C=O) groups is 2. The fraction of sp³-hybridized carbons (Fsp3) is 0.857. The number of carboxylic acids is 1. The highest BCUT2D eigenvalue weighted by Crippen LogP contribution is 2.26. The monoisotopic (exact) mass is 273 g/mol. The first-order valence-corrected chi connectivity index (χ1v) is 6.72. The van der Waals surface area contributed by atoms with E-state index in [0.29, 0.717) is 13.2 Å². The normalized spacial score (nSPS) is 15.1. The third kappa shape index (κ3) is 6.05. The molecule has 0 rings (SSSR count). The quantitative estimate of drug-likeness (QED) is 0.695. The van der Waals surface area contributed by atoms with Gasteiger partial charge in [0.15, 0.2) is 0 Å². The van der Waals surface area contributed by atoms with Gasteiger partial charge in [-0.3, -0.25) is 9.59 Å². The SMILES string of the molecule is CCOCC(NC(=O)C(C(=O)O)C(C)(C)C)C(C)C. The van der Waals surface area contributed by atoms with E-state index in [9.17, 15) is 14.7 Å². The average molecular weight is 273 g/mol. The molecule has 19 heavy (non-hydrogen) atoms. The molecule has 0 aliphatic carbocycles. The number of nitrogens with one attached hydrogen (secondary N) is 1. The van der Waals surface area contributed by atoms with E-state index in [1.807, 2.05) is 20.8 Å². The van der Waals surface area contributed by atoms with Crippen LogP contribution in [-0.4, -0.2) is 36.2 Å². The number of ether oxygens (including phenoxy) is 1. The Labute approximate surface area is 115 Å². The molecule has 0 saturated heterocycles. The molecule has 0 aliphatic rings. The van der Waals surface area contributed by atoms with Crippen LogP contribution < -0.4 is 5.32 Å². The van der Waals surface area contributed by atoms with Crippen LogP contribution in [0.25, 0.3) is 0 Å². The van der Waals surface area contributed by atoms with E-state index < -0.39 is 23.2 Å². The first-order chi connectivity index (χ1) is 8.61. The standard InChI is InChI=1S/C14H27NO4/c1-7-19-8-10(9(2)3)15-12(16)11(13(17)18)14(4,5)6/h9-11H,7-8H2,1-6H3,(H,15,16)(H,17,18). The molecule has 0 aromatic carbocycles. The lowest BCUT2D eigenvalue weighted by molar-refractivity contribution is -0.152. The largest absolute Gasteiger partial charge is 0.481 e. The number of hydrogen-bond acceptors (Lipinski definition) is 3. The lowest BCUT2D eigenvalue weighted by Gasteiger charge is -2.29. The minimum absolute atomic E-state index is 0.170. The van der Waals surface area contributed by atoms with Crippen molar-refractivity contribution in [2.24, 2.45) is 17.3 Å². The lowest BCUT2D eigenvalue weighted by atomic mass is 9.80. The summed E-state index contributed by atoms with van der Waals surface area (Å²) < 4.78 is 5.32. The summed E-state index contributed by atoms with van der Waals surface area (Å²) >= 11 is 0. The van der Waals surface area contributed by atoms with Crippen molar-refractivity contribution in [3.05, 3.63) is 0 Å². The number of carbonyl (C=O) groups excluding carboxylic acids is 1. The van der Waals surface area contributed by atoms with Crippen molar-refractivity contribution < 1.29 is 19.4 Å². The lowest BCUT2D eigenvalue weighted by Crippen LogP contribution is -2.49. The molecule has 5 heteroatoms. The molecule has 5 nitrogen and oxygen atoms in total. The van der Waals surface area contributed by atoms with Crippen LogP contribution in [0.1, 0.15) is 41.5 Å². The zero-order valence-electron chi connectivity index (χ0n) is 12.8. The summed E-state index contributed by atoms with van der Waals surface area (Å²) in [6.45, 7) is 12.0. The highest BCUT2D eigenvalue weighted by Gasteiger charge is 2.38. The Morgan fingerprint density at radius 1 is 1.26 bits per heavy atom. The highest BCUT2D eigenvalue weighted by atomic mass is 16.5. The number of carboxylic acid groups (broad SMARTS) is 1. The average Bonchev–Trinajstić information content (AvgIpc) is 2.20. The minimum Gasteiger partial charge on any atom is -0.481 e. The molecule has 1 amide bonds. The van der Waals surface area contributed by atoms with Crippen LogP contribution in [0.4, 0.5) is 0 Å². The van der Waals surface area contributed by atoms with Gasteiger partial charge in [0.1, 0.15) is 5.92 Å². The zero-order chi connectivity index (χ0) is 15.2. The highest BCUT2D eigenvalue weighted by molar-refractivity contribution is 5.97. The number of hydrogen-bond donors (Lipinski definition) is 2. The van der Waals surface area contributed by atoms with Gasteiger partial charge in [0.25, 0.3) is 0 Å². The van der Waals surface area contributed by atoms with Crippen molar-refractivity contribution in [3.8, 4) is 0 Å². The van der Waals surface area contributed by atoms with Crippen LogP contribution in [0.5, 0.6) is 0 Å². The van der Waals surface area contributed by atoms with Crippen LogP contribution >= 0.6 is 0 Å². The summed E-state index contributed by atoms with van der Waals surface area (Å²) in [7, 11) is 0. The molecule has 2 atom stereocenters. The Hall–Kier alpha value is -1.10. The molecule has 0 saturated carbocycles. The Morgan fingerprint density at radius 2 is 1.79 bits per heavy atom. The summed E-state index contributed by atoms with van der Waals surface area (Å²) in [5.41, 5.74) is -0.622. The van der Waals surface area contributed by atoms with Gasteiger partial charge in [0, 0.05) is 6.61 Å². The van der Waals surface area contributed by atoms with E-state index in [-0.39, 0.29) is 12.0 Å². The van der Waals surface area contributed by atoms with Crippen LogP contribution in [-0.2, 0) is 14.3 Å². The number of amides is 1. The van der Waals surface area contributed by atoms with Crippen molar-refractivity contribution in [1.82, 2.24) is 5.32 Å². The van der Waals surface area contributed by atoms with E-state index in [0.717, 1.165) is 0 Å². The Balaban J connectivity index is 4.82. The van der Waals surface area contributed by atoms with Crippen molar-refractivity contribution in [2.45, 2.75) is 47.6 Å². The molecule has 0 fully saturated rings. The fourth-order valence-electron chi connectivity index (χ4n) is 1.79. The molecule has 112 valence electrons. The third-order valence-corrected chi connectivity index (χ3v) is 3.01. The predicted molar refractivity (Wildman–Crippen MR) is 73.8 cm³/mol. The van der Waals surface area contributed by atoms with Crippen LogP contribution in [0.15, 0.2) is 0 Å². The summed E-state index contributed by atoms with van der Waals surface area (Å²) in [6.07, 6.45) is 0. The Bertz CT molecular complexity index is 307. The summed E-state index contributed by atoms with van der Waals surface area (Å²) in [5, 5.41) is 12.0. The topological polar surface area (TPSA) is 75.6 Å². The van der Waals surface area contributed by atoms with Gasteiger partial charge in [-0.15, -0.1) is 0 Å². The summed E-state index contributed by atoms with van der Waals surface area (Å²) in [4.78, 5) is 23.4. The van der Waals surface area contributed by atoms with Gasteiger partial charge in [-0.1, -0.05) is 34.6 Å². The van der Waals surface area contributed by atoms with Crippen LogP contribution in [0.3, 0.4) is 0 Å². The van der Waals surface area contributed by atoms with Crippen molar-refractivity contribution in [1.29, 1.82) is 0 Å².